The minimum Gasteiger partial charge on any atom is -0.310 e. The molecule has 18 aromatic rings. The molecule has 0 heterocycles. The number of aryl methyl sites for hydroxylation is 8. The molecule has 0 saturated heterocycles. The fraction of sp³-hybridized carbons (Fsp3) is 0.185. The smallest absolute Gasteiger partial charge is 0.0540 e. The van der Waals surface area contributed by atoms with Gasteiger partial charge < -0.3 is 19.6 Å². The van der Waals surface area contributed by atoms with E-state index >= 15 is 0 Å². The first-order valence-corrected chi connectivity index (χ1v) is 40.3. The van der Waals surface area contributed by atoms with Crippen LogP contribution >= 0.6 is 0 Å². The van der Waals surface area contributed by atoms with Crippen molar-refractivity contribution >= 4 is 154 Å². The first-order valence-electron chi connectivity index (χ1n) is 40.3. The molecular weight excluding hydrogens is 1350 g/mol. The minimum absolute atomic E-state index is 0.428. The van der Waals surface area contributed by atoms with Gasteiger partial charge in [-0.2, -0.15) is 0 Å². The fourth-order valence-electron chi connectivity index (χ4n) is 17.9. The summed E-state index contributed by atoms with van der Waals surface area (Å²) < 4.78 is 0. The largest absolute Gasteiger partial charge is 0.310 e. The van der Waals surface area contributed by atoms with Gasteiger partial charge in [0.2, 0.25) is 0 Å². The van der Waals surface area contributed by atoms with E-state index in [0.717, 1.165) is 11.4 Å². The van der Waals surface area contributed by atoms with E-state index in [9.17, 15) is 0 Å². The van der Waals surface area contributed by atoms with Gasteiger partial charge in [-0.25, -0.2) is 0 Å². The third-order valence-corrected chi connectivity index (χ3v) is 24.1. The molecule has 0 saturated carbocycles. The van der Waals surface area contributed by atoms with Crippen molar-refractivity contribution < 1.29 is 0 Å². The first-order chi connectivity index (χ1) is 54.2. The molecule has 0 aliphatic rings. The topological polar surface area (TPSA) is 13.0 Å². The lowest BCUT2D eigenvalue weighted by molar-refractivity contribution is 0.856. The molecule has 0 aromatic heterocycles. The first kappa shape index (κ1) is 72.6. The van der Waals surface area contributed by atoms with Crippen LogP contribution in [0.1, 0.15) is 146 Å². The minimum atomic E-state index is 0.428. The monoisotopic (exact) mass is 1450 g/mol. The van der Waals surface area contributed by atoms with Crippen molar-refractivity contribution in [3.8, 4) is 0 Å². The van der Waals surface area contributed by atoms with Crippen molar-refractivity contribution in [2.75, 3.05) is 19.6 Å². The summed E-state index contributed by atoms with van der Waals surface area (Å²) in [6.45, 7) is 35.8. The van der Waals surface area contributed by atoms with E-state index in [4.69, 9.17) is 0 Å². The average Bonchev–Trinajstić information content (AvgIpc) is 0.712. The Hall–Kier alpha value is -12.2. The molecule has 0 unspecified atom stereocenters. The SMILES string of the molecule is Cc1ccc(N(c2ccc(C(C)C)cc2)c2ccc3c4cccc5c(N(c6ccc(C(C)C)cc6)c6ccc(C)c(C)c6)ccc(c6cccc2c63)c54)cc1C.Cc1cccc(N(c2ccc(C)c(C(C)C)c2)c2ccc3c4cccc5c(N(c6cccc(C)c6)c6ccc(C)c(C(C)C)c6)ccc(c6cccc2c63)c54)c1. The number of hydrogen-bond donors (Lipinski definition) is 0. The Morgan fingerprint density at radius 3 is 0.696 bits per heavy atom. The standard InChI is InChI=1S/2C54H50N2/c1-33(2)49-31-41(23-21-37(49)7)55(39-15-9-13-35(5)29-39)51-27-25-45-44-18-12-20-48-52(28-26-46(54(44)48)43-17-11-19-47(51)53(43)45)56(40-16-10-14-36(6)30-40)42-24-22-38(8)50(32-42)34(3)4;1-33(2)39-17-23-41(24-18-39)55(43-21-15-35(5)37(7)31-43)51-29-27-47-46-12-10-14-50-52(30-28-48(54(46)50)45-11-9-13-49(51)53(45)47)56(44-22-16-36(6)38(8)32-44)42-25-19-40(20-26-42)34(3)4/h2*9-34H,1-8H3. The molecule has 4 heteroatoms. The average molecular weight is 1450 g/mol. The highest BCUT2D eigenvalue weighted by Gasteiger charge is 2.27. The van der Waals surface area contributed by atoms with Crippen LogP contribution in [0.4, 0.5) is 68.2 Å². The molecule has 0 bridgehead atoms. The molecule has 0 spiro atoms. The molecule has 0 aliphatic heterocycles. The zero-order valence-corrected chi connectivity index (χ0v) is 67.8. The van der Waals surface area contributed by atoms with Gasteiger partial charge in [0.1, 0.15) is 0 Å². The van der Waals surface area contributed by atoms with E-state index in [1.807, 2.05) is 0 Å². The molecule has 0 radical (unpaired) electrons. The number of benzene rings is 18. The van der Waals surface area contributed by atoms with Crippen LogP contribution in [0.5, 0.6) is 0 Å². The van der Waals surface area contributed by atoms with Crippen molar-refractivity contribution in [2.24, 2.45) is 0 Å². The van der Waals surface area contributed by atoms with E-state index in [2.05, 4.69) is 422 Å². The Labute approximate surface area is 662 Å². The molecule has 0 aliphatic carbocycles. The molecule has 18 aromatic carbocycles. The molecule has 0 atom stereocenters. The van der Waals surface area contributed by atoms with Crippen LogP contribution in [0.15, 0.2) is 291 Å². The lowest BCUT2D eigenvalue weighted by Crippen LogP contribution is -2.12. The summed E-state index contributed by atoms with van der Waals surface area (Å²) in [5.74, 6) is 1.80. The third kappa shape index (κ3) is 12.8. The normalized spacial score (nSPS) is 11.9. The molecule has 0 fully saturated rings. The molecule has 112 heavy (non-hydrogen) atoms. The summed E-state index contributed by atoms with van der Waals surface area (Å²) in [5.41, 5.74) is 29.9. The van der Waals surface area contributed by atoms with Crippen LogP contribution in [-0.4, -0.2) is 0 Å². The Bertz CT molecular complexity index is 6190. The summed E-state index contributed by atoms with van der Waals surface area (Å²) in [6.07, 6.45) is 0. The van der Waals surface area contributed by atoms with Crippen molar-refractivity contribution in [1.29, 1.82) is 0 Å². The molecule has 0 amide bonds. The van der Waals surface area contributed by atoms with Gasteiger partial charge in [-0.05, 0) is 332 Å². The Morgan fingerprint density at radius 2 is 0.420 bits per heavy atom. The molecule has 4 nitrogen and oxygen atoms in total. The lowest BCUT2D eigenvalue weighted by Gasteiger charge is -2.30. The highest BCUT2D eigenvalue weighted by molar-refractivity contribution is 6.37. The number of hydrogen-bond acceptors (Lipinski definition) is 4. The predicted octanol–water partition coefficient (Wildman–Crippen LogP) is 32.3. The van der Waals surface area contributed by atoms with Gasteiger partial charge in [0.15, 0.2) is 0 Å². The predicted molar refractivity (Wildman–Crippen MR) is 488 cm³/mol. The van der Waals surface area contributed by atoms with Gasteiger partial charge in [0.05, 0.1) is 22.7 Å². The lowest BCUT2D eigenvalue weighted by atomic mass is 9.88. The van der Waals surface area contributed by atoms with Crippen LogP contribution in [0.3, 0.4) is 0 Å². The Morgan fingerprint density at radius 1 is 0.179 bits per heavy atom. The van der Waals surface area contributed by atoms with Crippen LogP contribution in [0.2, 0.25) is 0 Å². The Balaban J connectivity index is 0.000000163. The Kier molecular flexibility index (Phi) is 18.9. The highest BCUT2D eigenvalue weighted by Crippen LogP contribution is 2.53. The van der Waals surface area contributed by atoms with Crippen LogP contribution in [0, 0.1) is 55.4 Å². The van der Waals surface area contributed by atoms with Gasteiger partial charge in [-0.1, -0.05) is 225 Å². The molecule has 552 valence electrons. The van der Waals surface area contributed by atoms with Crippen molar-refractivity contribution in [3.63, 3.8) is 0 Å². The summed E-state index contributed by atoms with van der Waals surface area (Å²) in [7, 11) is 0. The van der Waals surface area contributed by atoms with Gasteiger partial charge >= 0.3 is 0 Å². The summed E-state index contributed by atoms with van der Waals surface area (Å²) >= 11 is 0. The zero-order chi connectivity index (χ0) is 77.7. The molecular formula is C108H100N4. The highest BCUT2D eigenvalue weighted by atomic mass is 15.2. The fourth-order valence-corrected chi connectivity index (χ4v) is 17.9. The summed E-state index contributed by atoms with van der Waals surface area (Å²) in [6, 6.07) is 110. The van der Waals surface area contributed by atoms with Gasteiger partial charge in [0, 0.05) is 67.0 Å². The number of fused-ring (bicyclic) bond motifs is 4. The maximum atomic E-state index is 2.47. The quantitative estimate of drug-likeness (QED) is 0.0706. The van der Waals surface area contributed by atoms with Crippen molar-refractivity contribution in [2.45, 2.75) is 134 Å². The van der Waals surface area contributed by atoms with Gasteiger partial charge in [-0.3, -0.25) is 0 Å². The molecule has 0 N–H and O–H groups in total. The van der Waals surface area contributed by atoms with Crippen LogP contribution in [-0.2, 0) is 0 Å². The van der Waals surface area contributed by atoms with E-state index < -0.39 is 0 Å². The third-order valence-electron chi connectivity index (χ3n) is 24.1. The summed E-state index contributed by atoms with van der Waals surface area (Å²) in [5, 5.41) is 20.5. The van der Waals surface area contributed by atoms with Gasteiger partial charge in [0.25, 0.3) is 0 Å². The maximum absolute atomic E-state index is 2.47. The van der Waals surface area contributed by atoms with Crippen molar-refractivity contribution in [3.05, 3.63) is 358 Å². The number of rotatable bonds is 16. The van der Waals surface area contributed by atoms with E-state index in [1.165, 1.54) is 210 Å². The second-order valence-electron chi connectivity index (χ2n) is 32.9. The maximum Gasteiger partial charge on any atom is 0.0540 e. The second-order valence-corrected chi connectivity index (χ2v) is 32.9. The van der Waals surface area contributed by atoms with Crippen LogP contribution in [0.25, 0.3) is 86.2 Å². The van der Waals surface area contributed by atoms with E-state index in [-0.39, 0.29) is 0 Å². The zero-order valence-electron chi connectivity index (χ0n) is 67.8. The number of anilines is 12. The van der Waals surface area contributed by atoms with E-state index in [1.54, 1.807) is 0 Å². The second kappa shape index (κ2) is 29.2. The summed E-state index contributed by atoms with van der Waals surface area (Å²) in [4.78, 5) is 9.83. The van der Waals surface area contributed by atoms with Gasteiger partial charge in [-0.15, -0.1) is 0 Å². The van der Waals surface area contributed by atoms with E-state index in [0.29, 0.717) is 23.7 Å². The molecule has 18 rings (SSSR count). The van der Waals surface area contributed by atoms with Crippen molar-refractivity contribution in [1.82, 2.24) is 0 Å². The van der Waals surface area contributed by atoms with Crippen LogP contribution < -0.4 is 19.6 Å². The number of nitrogens with zero attached hydrogens (tertiary/aromatic N) is 4.